The Morgan fingerprint density at radius 3 is 2.25 bits per heavy atom. The van der Waals surface area contributed by atoms with Crippen LogP contribution in [0.5, 0.6) is 0 Å². The van der Waals surface area contributed by atoms with Gasteiger partial charge in [-0.2, -0.15) is 0 Å². The van der Waals surface area contributed by atoms with Gasteiger partial charge in [0.05, 0.1) is 6.10 Å². The number of hydrogen-bond donors (Lipinski definition) is 1. The molecule has 94 valence electrons. The molecule has 16 heavy (non-hydrogen) atoms. The highest BCUT2D eigenvalue weighted by molar-refractivity contribution is 4.74. The van der Waals surface area contributed by atoms with Crippen LogP contribution in [0.3, 0.4) is 0 Å². The molecule has 0 spiro atoms. The molecule has 0 aromatic carbocycles. The van der Waals surface area contributed by atoms with Gasteiger partial charge in [0, 0.05) is 13.1 Å². The molecule has 2 fully saturated rings. The van der Waals surface area contributed by atoms with Crippen LogP contribution in [0.4, 0.5) is 0 Å². The van der Waals surface area contributed by atoms with E-state index >= 15 is 0 Å². The number of aliphatic hydroxyl groups excluding tert-OH is 1. The van der Waals surface area contributed by atoms with Crippen molar-refractivity contribution in [2.24, 2.45) is 5.92 Å². The Kier molecular flexibility index (Phi) is 4.62. The number of rotatable bonds is 3. The Morgan fingerprint density at radius 1 is 1.00 bits per heavy atom. The quantitative estimate of drug-likeness (QED) is 0.783. The highest BCUT2D eigenvalue weighted by atomic mass is 16.3. The number of likely N-dealkylation sites (tertiary alicyclic amines) is 2. The predicted molar refractivity (Wildman–Crippen MR) is 66.5 cm³/mol. The van der Waals surface area contributed by atoms with E-state index in [0.717, 1.165) is 31.8 Å². The number of hydrogen-bond acceptors (Lipinski definition) is 3. The largest absolute Gasteiger partial charge is 0.393 e. The third-order valence-corrected chi connectivity index (χ3v) is 4.25. The summed E-state index contributed by atoms with van der Waals surface area (Å²) in [6, 6.07) is 0. The summed E-state index contributed by atoms with van der Waals surface area (Å²) in [5.41, 5.74) is 0. The molecule has 0 saturated carbocycles. The summed E-state index contributed by atoms with van der Waals surface area (Å²) in [5, 5.41) is 9.44. The first-order valence-corrected chi connectivity index (χ1v) is 6.83. The second kappa shape index (κ2) is 5.99. The molecule has 0 atom stereocenters. The van der Waals surface area contributed by atoms with Gasteiger partial charge >= 0.3 is 0 Å². The molecule has 2 heterocycles. The fraction of sp³-hybridized carbons (Fsp3) is 1.00. The second-order valence-corrected chi connectivity index (χ2v) is 5.61. The van der Waals surface area contributed by atoms with Crippen molar-refractivity contribution in [1.82, 2.24) is 9.80 Å². The van der Waals surface area contributed by atoms with Gasteiger partial charge in [0.1, 0.15) is 0 Å². The molecule has 0 amide bonds. The predicted octanol–water partition coefficient (Wildman–Crippen LogP) is 1.17. The second-order valence-electron chi connectivity index (χ2n) is 5.61. The normalized spacial score (nSPS) is 27.4. The summed E-state index contributed by atoms with van der Waals surface area (Å²) < 4.78 is 0. The van der Waals surface area contributed by atoms with Crippen LogP contribution in [0.15, 0.2) is 0 Å². The van der Waals surface area contributed by atoms with E-state index in [0.29, 0.717) is 0 Å². The van der Waals surface area contributed by atoms with Crippen molar-refractivity contribution in [2.75, 3.05) is 39.8 Å². The number of nitrogens with zero attached hydrogens (tertiary/aromatic N) is 2. The molecular formula is C13H26N2O. The minimum atomic E-state index is -0.0282. The van der Waals surface area contributed by atoms with E-state index in [4.69, 9.17) is 0 Å². The van der Waals surface area contributed by atoms with Crippen LogP contribution < -0.4 is 0 Å². The molecule has 0 unspecified atom stereocenters. The Labute approximate surface area is 99.4 Å². The molecule has 0 aliphatic carbocycles. The molecule has 0 bridgehead atoms. The summed E-state index contributed by atoms with van der Waals surface area (Å²) in [6.07, 6.45) is 6.06. The van der Waals surface area contributed by atoms with Crippen molar-refractivity contribution in [2.45, 2.75) is 38.2 Å². The summed E-state index contributed by atoms with van der Waals surface area (Å²) in [7, 11) is 2.22. The monoisotopic (exact) mass is 226 g/mol. The van der Waals surface area contributed by atoms with Crippen molar-refractivity contribution < 1.29 is 5.11 Å². The summed E-state index contributed by atoms with van der Waals surface area (Å²) in [6.45, 7) is 6.02. The van der Waals surface area contributed by atoms with E-state index in [2.05, 4.69) is 16.8 Å². The lowest BCUT2D eigenvalue weighted by molar-refractivity contribution is 0.0773. The van der Waals surface area contributed by atoms with Crippen LogP contribution in [0, 0.1) is 5.92 Å². The van der Waals surface area contributed by atoms with E-state index in [1.165, 1.54) is 38.9 Å². The van der Waals surface area contributed by atoms with Crippen molar-refractivity contribution in [1.29, 1.82) is 0 Å². The van der Waals surface area contributed by atoms with Gasteiger partial charge in [-0.05, 0) is 64.7 Å². The molecule has 0 radical (unpaired) electrons. The third kappa shape index (κ3) is 3.72. The highest BCUT2D eigenvalue weighted by Gasteiger charge is 2.20. The number of aliphatic hydroxyl groups is 1. The molecule has 2 aliphatic rings. The third-order valence-electron chi connectivity index (χ3n) is 4.25. The van der Waals surface area contributed by atoms with Crippen LogP contribution in [0.2, 0.25) is 0 Å². The zero-order chi connectivity index (χ0) is 11.4. The Hall–Kier alpha value is -0.120. The topological polar surface area (TPSA) is 26.7 Å². The highest BCUT2D eigenvalue weighted by Crippen LogP contribution is 2.20. The zero-order valence-electron chi connectivity index (χ0n) is 10.6. The average molecular weight is 226 g/mol. The molecule has 1 N–H and O–H groups in total. The minimum Gasteiger partial charge on any atom is -0.393 e. The molecule has 2 aliphatic heterocycles. The lowest BCUT2D eigenvalue weighted by atomic mass is 9.93. The van der Waals surface area contributed by atoms with Crippen LogP contribution in [-0.2, 0) is 0 Å². The van der Waals surface area contributed by atoms with Gasteiger partial charge in [-0.15, -0.1) is 0 Å². The van der Waals surface area contributed by atoms with Crippen molar-refractivity contribution >= 4 is 0 Å². The summed E-state index contributed by atoms with van der Waals surface area (Å²) >= 11 is 0. The lowest BCUT2D eigenvalue weighted by Crippen LogP contribution is -2.38. The molecule has 0 aromatic rings. The fourth-order valence-corrected chi connectivity index (χ4v) is 2.86. The van der Waals surface area contributed by atoms with Gasteiger partial charge in [-0.1, -0.05) is 0 Å². The van der Waals surface area contributed by atoms with E-state index < -0.39 is 0 Å². The van der Waals surface area contributed by atoms with Crippen molar-refractivity contribution in [3.05, 3.63) is 0 Å². The first-order chi connectivity index (χ1) is 7.74. The molecule has 0 aromatic heterocycles. The molecule has 2 saturated heterocycles. The first-order valence-electron chi connectivity index (χ1n) is 6.83. The van der Waals surface area contributed by atoms with Gasteiger partial charge in [-0.25, -0.2) is 0 Å². The summed E-state index contributed by atoms with van der Waals surface area (Å²) in [4.78, 5) is 4.97. The van der Waals surface area contributed by atoms with Crippen molar-refractivity contribution in [3.8, 4) is 0 Å². The number of piperidine rings is 2. The Balaban J connectivity index is 1.60. The van der Waals surface area contributed by atoms with Crippen LogP contribution in [-0.4, -0.2) is 60.8 Å². The van der Waals surface area contributed by atoms with E-state index in [1.807, 2.05) is 0 Å². The van der Waals surface area contributed by atoms with Crippen molar-refractivity contribution in [3.63, 3.8) is 0 Å². The van der Waals surface area contributed by atoms with E-state index in [9.17, 15) is 5.11 Å². The van der Waals surface area contributed by atoms with Gasteiger partial charge in [-0.3, -0.25) is 0 Å². The summed E-state index contributed by atoms with van der Waals surface area (Å²) in [5.74, 6) is 0.947. The molecule has 3 heteroatoms. The van der Waals surface area contributed by atoms with Gasteiger partial charge in [0.25, 0.3) is 0 Å². The van der Waals surface area contributed by atoms with Crippen LogP contribution >= 0.6 is 0 Å². The SMILES string of the molecule is CN1CCC(CCN2CCC(O)CC2)CC1. The maximum atomic E-state index is 9.44. The average Bonchev–Trinajstić information content (AvgIpc) is 2.30. The Morgan fingerprint density at radius 2 is 1.62 bits per heavy atom. The molecule has 2 rings (SSSR count). The Bertz CT molecular complexity index is 172. The van der Waals surface area contributed by atoms with Gasteiger partial charge < -0.3 is 14.9 Å². The molecular weight excluding hydrogens is 200 g/mol. The van der Waals surface area contributed by atoms with Gasteiger partial charge in [0.15, 0.2) is 0 Å². The van der Waals surface area contributed by atoms with E-state index in [1.54, 1.807) is 0 Å². The minimum absolute atomic E-state index is 0.0282. The fourth-order valence-electron chi connectivity index (χ4n) is 2.86. The maximum Gasteiger partial charge on any atom is 0.0564 e. The molecule has 3 nitrogen and oxygen atoms in total. The van der Waals surface area contributed by atoms with Gasteiger partial charge in [0.2, 0.25) is 0 Å². The lowest BCUT2D eigenvalue weighted by Gasteiger charge is -2.33. The van der Waals surface area contributed by atoms with E-state index in [-0.39, 0.29) is 6.10 Å². The van der Waals surface area contributed by atoms with Crippen LogP contribution in [0.1, 0.15) is 32.1 Å². The standard InChI is InChI=1S/C13H26N2O/c1-14-7-2-12(3-8-14)4-9-15-10-5-13(16)6-11-15/h12-13,16H,2-11H2,1H3. The maximum absolute atomic E-state index is 9.44. The van der Waals surface area contributed by atoms with Crippen LogP contribution in [0.25, 0.3) is 0 Å². The zero-order valence-corrected chi connectivity index (χ0v) is 10.6. The smallest absolute Gasteiger partial charge is 0.0564 e. The first kappa shape index (κ1) is 12.3.